The molecule has 108 valence electrons. The molecule has 1 aromatic heterocycles. The summed E-state index contributed by atoms with van der Waals surface area (Å²) in [5, 5.41) is 11.6. The van der Waals surface area contributed by atoms with Gasteiger partial charge in [0, 0.05) is 37.7 Å². The van der Waals surface area contributed by atoms with E-state index in [1.807, 2.05) is 6.92 Å². The Hall–Kier alpha value is -2.50. The zero-order valence-electron chi connectivity index (χ0n) is 11.7. The number of piperidine rings is 1. The summed E-state index contributed by atoms with van der Waals surface area (Å²) in [5.74, 6) is 0.248. The summed E-state index contributed by atoms with van der Waals surface area (Å²) >= 11 is 0. The molecular formula is C15H15N3O3. The van der Waals surface area contributed by atoms with Crippen molar-refractivity contribution in [1.82, 2.24) is 4.98 Å². The van der Waals surface area contributed by atoms with Crippen LogP contribution in [0.2, 0.25) is 0 Å². The largest absolute Gasteiger partial charge is 0.369 e. The number of anilines is 1. The zero-order valence-corrected chi connectivity index (χ0v) is 11.7. The lowest BCUT2D eigenvalue weighted by atomic mass is 9.97. The average Bonchev–Trinajstić information content (AvgIpc) is 2.49. The summed E-state index contributed by atoms with van der Waals surface area (Å²) in [6, 6.07) is 6.65. The molecular weight excluding hydrogens is 270 g/mol. The first-order chi connectivity index (χ1) is 10.1. The van der Waals surface area contributed by atoms with E-state index in [1.165, 1.54) is 6.07 Å². The summed E-state index contributed by atoms with van der Waals surface area (Å²) in [6.45, 7) is 3.17. The number of non-ortho nitro benzene ring substituents is 1. The minimum Gasteiger partial charge on any atom is -0.369 e. The summed E-state index contributed by atoms with van der Waals surface area (Å²) in [5.41, 5.74) is 1.53. The van der Waals surface area contributed by atoms with Crippen LogP contribution in [-0.4, -0.2) is 28.8 Å². The summed E-state index contributed by atoms with van der Waals surface area (Å²) in [4.78, 5) is 28.8. The van der Waals surface area contributed by atoms with Crippen molar-refractivity contribution in [2.75, 3.05) is 18.0 Å². The smallest absolute Gasteiger partial charge is 0.278 e. The van der Waals surface area contributed by atoms with E-state index in [4.69, 9.17) is 0 Å². The molecule has 2 aromatic rings. The third-order valence-corrected chi connectivity index (χ3v) is 3.93. The fourth-order valence-corrected chi connectivity index (χ4v) is 2.79. The van der Waals surface area contributed by atoms with Gasteiger partial charge in [-0.2, -0.15) is 0 Å². The molecule has 1 aliphatic heterocycles. The highest BCUT2D eigenvalue weighted by molar-refractivity contribution is 5.97. The Labute approximate surface area is 121 Å². The van der Waals surface area contributed by atoms with Crippen molar-refractivity contribution in [2.45, 2.75) is 13.3 Å². The molecule has 0 saturated carbocycles. The molecule has 3 rings (SSSR count). The van der Waals surface area contributed by atoms with Crippen molar-refractivity contribution in [2.24, 2.45) is 5.92 Å². The van der Waals surface area contributed by atoms with E-state index >= 15 is 0 Å². The first kappa shape index (κ1) is 13.5. The molecule has 0 bridgehead atoms. The van der Waals surface area contributed by atoms with Crippen LogP contribution in [0.3, 0.4) is 0 Å². The molecule has 1 fully saturated rings. The molecule has 1 aliphatic rings. The van der Waals surface area contributed by atoms with Crippen LogP contribution in [0, 0.1) is 16.0 Å². The van der Waals surface area contributed by atoms with Gasteiger partial charge in [0.2, 0.25) is 0 Å². The molecule has 6 nitrogen and oxygen atoms in total. The maximum Gasteiger partial charge on any atom is 0.278 e. The van der Waals surface area contributed by atoms with Crippen molar-refractivity contribution in [1.29, 1.82) is 0 Å². The number of aromatic nitrogens is 1. The van der Waals surface area contributed by atoms with Gasteiger partial charge in [-0.1, -0.05) is 6.92 Å². The van der Waals surface area contributed by atoms with Gasteiger partial charge >= 0.3 is 0 Å². The van der Waals surface area contributed by atoms with Gasteiger partial charge in [0.15, 0.2) is 0 Å². The van der Waals surface area contributed by atoms with Gasteiger partial charge in [0.25, 0.3) is 5.69 Å². The number of pyridine rings is 1. The number of benzene rings is 1. The number of rotatable bonds is 2. The number of carbonyl (C=O) groups is 1. The topological polar surface area (TPSA) is 76.3 Å². The fourth-order valence-electron chi connectivity index (χ4n) is 2.79. The quantitative estimate of drug-likeness (QED) is 0.626. The molecule has 0 amide bonds. The number of nitro benzene ring substituents is 1. The number of ketones is 1. The molecule has 2 heterocycles. The zero-order chi connectivity index (χ0) is 15.0. The van der Waals surface area contributed by atoms with E-state index in [9.17, 15) is 14.9 Å². The molecule has 1 atom stereocenters. The maximum absolute atomic E-state index is 11.6. The Balaban J connectivity index is 2.10. The van der Waals surface area contributed by atoms with Crippen molar-refractivity contribution < 1.29 is 9.72 Å². The van der Waals surface area contributed by atoms with Crippen molar-refractivity contribution in [3.63, 3.8) is 0 Å². The summed E-state index contributed by atoms with van der Waals surface area (Å²) in [7, 11) is 0. The second-order valence-corrected chi connectivity index (χ2v) is 5.32. The Morgan fingerprint density at radius 1 is 1.38 bits per heavy atom. The van der Waals surface area contributed by atoms with Crippen LogP contribution in [0.5, 0.6) is 0 Å². The van der Waals surface area contributed by atoms with Crippen molar-refractivity contribution >= 4 is 28.1 Å². The summed E-state index contributed by atoms with van der Waals surface area (Å²) in [6.07, 6.45) is 2.14. The lowest BCUT2D eigenvalue weighted by molar-refractivity contribution is -0.383. The second kappa shape index (κ2) is 5.12. The fraction of sp³-hybridized carbons (Fsp3) is 0.333. The second-order valence-electron chi connectivity index (χ2n) is 5.32. The number of nitrogens with zero attached hydrogens (tertiary/aromatic N) is 3. The number of hydrogen-bond donors (Lipinski definition) is 0. The van der Waals surface area contributed by atoms with E-state index in [2.05, 4.69) is 9.88 Å². The van der Waals surface area contributed by atoms with E-state index in [0.29, 0.717) is 30.4 Å². The first-order valence-corrected chi connectivity index (χ1v) is 6.87. The normalized spacial score (nSPS) is 19.0. The third kappa shape index (κ3) is 2.33. The average molecular weight is 285 g/mol. The van der Waals surface area contributed by atoms with Crippen LogP contribution in [0.15, 0.2) is 30.5 Å². The van der Waals surface area contributed by atoms with Crippen LogP contribution >= 0.6 is 0 Å². The van der Waals surface area contributed by atoms with E-state index in [-0.39, 0.29) is 17.4 Å². The number of hydrogen-bond acceptors (Lipinski definition) is 5. The molecule has 21 heavy (non-hydrogen) atoms. The van der Waals surface area contributed by atoms with Gasteiger partial charge in [0.1, 0.15) is 11.3 Å². The molecule has 0 spiro atoms. The van der Waals surface area contributed by atoms with Crippen molar-refractivity contribution in [3.05, 3.63) is 40.6 Å². The van der Waals surface area contributed by atoms with Gasteiger partial charge in [-0.25, -0.2) is 0 Å². The number of Topliss-reactive ketones (excluding diaryl/α,β-unsaturated/α-hetero) is 1. The first-order valence-electron chi connectivity index (χ1n) is 6.87. The molecule has 0 N–H and O–H groups in total. The Morgan fingerprint density at radius 3 is 2.90 bits per heavy atom. The summed E-state index contributed by atoms with van der Waals surface area (Å²) < 4.78 is 0. The molecule has 0 aliphatic carbocycles. The highest BCUT2D eigenvalue weighted by Crippen LogP contribution is 2.33. The third-order valence-electron chi connectivity index (χ3n) is 3.93. The molecule has 1 aromatic carbocycles. The molecule has 1 unspecified atom stereocenters. The Bertz CT molecular complexity index is 729. The number of carbonyl (C=O) groups excluding carboxylic acids is 1. The van der Waals surface area contributed by atoms with Crippen molar-refractivity contribution in [3.8, 4) is 0 Å². The van der Waals surface area contributed by atoms with E-state index < -0.39 is 4.92 Å². The highest BCUT2D eigenvalue weighted by atomic mass is 16.6. The van der Waals surface area contributed by atoms with Crippen LogP contribution in [-0.2, 0) is 4.79 Å². The van der Waals surface area contributed by atoms with Crippen LogP contribution < -0.4 is 4.90 Å². The monoisotopic (exact) mass is 285 g/mol. The van der Waals surface area contributed by atoms with Crippen LogP contribution in [0.4, 0.5) is 11.4 Å². The minimum absolute atomic E-state index is 0.0206. The minimum atomic E-state index is -0.393. The predicted octanol–water partition coefficient (Wildman–Crippen LogP) is 2.56. The SMILES string of the molecule is CC1CN(c2ccc([N+](=O)[O-])c3cccnc23)CCC1=O. The molecule has 1 saturated heterocycles. The lowest BCUT2D eigenvalue weighted by Gasteiger charge is -2.32. The molecule has 6 heteroatoms. The Kier molecular flexibility index (Phi) is 3.29. The predicted molar refractivity (Wildman–Crippen MR) is 79.4 cm³/mol. The number of fused-ring (bicyclic) bond motifs is 1. The van der Waals surface area contributed by atoms with Crippen LogP contribution in [0.1, 0.15) is 13.3 Å². The highest BCUT2D eigenvalue weighted by Gasteiger charge is 2.26. The van der Waals surface area contributed by atoms with Gasteiger partial charge < -0.3 is 4.90 Å². The Morgan fingerprint density at radius 2 is 2.19 bits per heavy atom. The number of nitro groups is 1. The van der Waals surface area contributed by atoms with Crippen LogP contribution in [0.25, 0.3) is 10.9 Å². The molecule has 0 radical (unpaired) electrons. The van der Waals surface area contributed by atoms with E-state index in [0.717, 1.165) is 5.69 Å². The van der Waals surface area contributed by atoms with E-state index in [1.54, 1.807) is 24.4 Å². The maximum atomic E-state index is 11.6. The standard InChI is InChI=1S/C15H15N3O3/c1-10-9-17(8-6-14(10)19)13-5-4-12(18(20)21)11-3-2-7-16-15(11)13/h2-5,7,10H,6,8-9H2,1H3. The van der Waals surface area contributed by atoms with Gasteiger partial charge in [-0.05, 0) is 18.2 Å². The lowest BCUT2D eigenvalue weighted by Crippen LogP contribution is -2.39. The van der Waals surface area contributed by atoms with Gasteiger partial charge in [-0.15, -0.1) is 0 Å². The van der Waals surface area contributed by atoms with Gasteiger partial charge in [-0.3, -0.25) is 19.9 Å². The van der Waals surface area contributed by atoms with Gasteiger partial charge in [0.05, 0.1) is 16.0 Å².